The lowest BCUT2D eigenvalue weighted by molar-refractivity contribution is -0.146. The number of hydrogen-bond donors (Lipinski definition) is 1. The lowest BCUT2D eigenvalue weighted by Crippen LogP contribution is -2.50. The van der Waals surface area contributed by atoms with Crippen molar-refractivity contribution in [2.45, 2.75) is 30.2 Å². The highest BCUT2D eigenvalue weighted by Gasteiger charge is 2.49. The molecule has 9 heteroatoms. The number of sulfonamides is 1. The lowest BCUT2D eigenvalue weighted by Gasteiger charge is -2.30. The molecule has 1 atom stereocenters. The third kappa shape index (κ3) is 2.58. The molecule has 2 rings (SSSR count). The topological polar surface area (TPSA) is 96.8 Å². The van der Waals surface area contributed by atoms with E-state index in [4.69, 9.17) is 16.3 Å². The van der Waals surface area contributed by atoms with E-state index in [-0.39, 0.29) is 28.8 Å². The minimum atomic E-state index is -3.99. The van der Waals surface area contributed by atoms with Crippen molar-refractivity contribution in [3.63, 3.8) is 0 Å². The molecular formula is C12H15ClN2O5S. The summed E-state index contributed by atoms with van der Waals surface area (Å²) in [6.45, 7) is 1.55. The molecule has 0 bridgehead atoms. The first-order chi connectivity index (χ1) is 9.73. The summed E-state index contributed by atoms with van der Waals surface area (Å²) in [5, 5.41) is 9.37. The number of aromatic nitrogens is 1. The zero-order chi connectivity index (χ0) is 15.8. The molecule has 1 aromatic rings. The van der Waals surface area contributed by atoms with Crippen molar-refractivity contribution in [2.24, 2.45) is 0 Å². The van der Waals surface area contributed by atoms with Gasteiger partial charge < -0.3 is 9.84 Å². The number of carbonyl (C=O) groups is 1. The van der Waals surface area contributed by atoms with Crippen LogP contribution in [0.3, 0.4) is 0 Å². The summed E-state index contributed by atoms with van der Waals surface area (Å²) in [7, 11) is -2.62. The van der Waals surface area contributed by atoms with E-state index in [1.165, 1.54) is 20.1 Å². The second-order valence-electron chi connectivity index (χ2n) is 4.92. The van der Waals surface area contributed by atoms with Gasteiger partial charge in [0.05, 0.1) is 13.3 Å². The number of ether oxygens (including phenoxy) is 1. The highest BCUT2D eigenvalue weighted by molar-refractivity contribution is 7.89. The molecule has 0 amide bonds. The average Bonchev–Trinajstić information content (AvgIpc) is 2.83. The molecule has 0 saturated carbocycles. The third-order valence-electron chi connectivity index (χ3n) is 3.60. The van der Waals surface area contributed by atoms with Crippen LogP contribution in [0.25, 0.3) is 0 Å². The zero-order valence-electron chi connectivity index (χ0n) is 11.5. The smallest absolute Gasteiger partial charge is 0.324 e. The largest absolute Gasteiger partial charge is 0.480 e. The fraction of sp³-hybridized carbons (Fsp3) is 0.500. The van der Waals surface area contributed by atoms with Crippen molar-refractivity contribution in [3.05, 3.63) is 17.3 Å². The summed E-state index contributed by atoms with van der Waals surface area (Å²) >= 11 is 5.89. The summed E-state index contributed by atoms with van der Waals surface area (Å²) < 4.78 is 31.1. The van der Waals surface area contributed by atoms with E-state index in [9.17, 15) is 18.3 Å². The highest BCUT2D eigenvalue weighted by atomic mass is 35.5. The van der Waals surface area contributed by atoms with Gasteiger partial charge in [-0.25, -0.2) is 13.4 Å². The lowest BCUT2D eigenvalue weighted by atomic mass is 10.0. The Balaban J connectivity index is 2.47. The van der Waals surface area contributed by atoms with Gasteiger partial charge >= 0.3 is 5.97 Å². The van der Waals surface area contributed by atoms with Gasteiger partial charge in [-0.15, -0.1) is 0 Å². The first kappa shape index (κ1) is 16.0. The van der Waals surface area contributed by atoms with Crippen LogP contribution >= 0.6 is 11.6 Å². The first-order valence-corrected chi connectivity index (χ1v) is 8.01. The normalized spacial score (nSPS) is 23.2. The number of hydrogen-bond acceptors (Lipinski definition) is 5. The van der Waals surface area contributed by atoms with Gasteiger partial charge in [0.2, 0.25) is 15.9 Å². The van der Waals surface area contributed by atoms with E-state index in [1.807, 2.05) is 0 Å². The minimum Gasteiger partial charge on any atom is -0.480 e. The molecule has 2 heterocycles. The van der Waals surface area contributed by atoms with Crippen LogP contribution in [0.2, 0.25) is 5.02 Å². The van der Waals surface area contributed by atoms with E-state index >= 15 is 0 Å². The second kappa shape index (κ2) is 5.43. The molecule has 1 unspecified atom stereocenters. The van der Waals surface area contributed by atoms with Gasteiger partial charge in [-0.2, -0.15) is 4.31 Å². The Labute approximate surface area is 127 Å². The van der Waals surface area contributed by atoms with Gasteiger partial charge in [-0.3, -0.25) is 4.79 Å². The Morgan fingerprint density at radius 3 is 2.76 bits per heavy atom. The Hall–Kier alpha value is -1.38. The van der Waals surface area contributed by atoms with Crippen molar-refractivity contribution >= 4 is 27.6 Å². The zero-order valence-corrected chi connectivity index (χ0v) is 13.1. The van der Waals surface area contributed by atoms with E-state index in [1.54, 1.807) is 0 Å². The summed E-state index contributed by atoms with van der Waals surface area (Å²) in [4.78, 5) is 15.1. The standard InChI is InChI=1S/C12H15ClN2O5S/c1-12(11(16)17)4-3-5-15(12)21(18,19)8-6-9(13)10(20-2)14-7-8/h6-7H,3-5H2,1-2H3,(H,16,17). The number of aliphatic carboxylic acids is 1. The molecule has 0 spiro atoms. The van der Waals surface area contributed by atoms with E-state index in [0.29, 0.717) is 6.42 Å². The maximum Gasteiger partial charge on any atom is 0.324 e. The van der Waals surface area contributed by atoms with Crippen LogP contribution in [0.4, 0.5) is 0 Å². The van der Waals surface area contributed by atoms with Crippen LogP contribution < -0.4 is 4.74 Å². The Kier molecular flexibility index (Phi) is 4.14. The molecule has 0 aromatic carbocycles. The van der Waals surface area contributed by atoms with Crippen molar-refractivity contribution in [3.8, 4) is 5.88 Å². The second-order valence-corrected chi connectivity index (χ2v) is 7.19. The number of nitrogens with zero attached hydrogens (tertiary/aromatic N) is 2. The van der Waals surface area contributed by atoms with Gasteiger partial charge in [0, 0.05) is 6.54 Å². The highest BCUT2D eigenvalue weighted by Crippen LogP contribution is 2.35. The van der Waals surface area contributed by atoms with Crippen molar-refractivity contribution in [2.75, 3.05) is 13.7 Å². The predicted octanol–water partition coefficient (Wildman–Crippen LogP) is 1.37. The fourth-order valence-electron chi connectivity index (χ4n) is 2.36. The molecule has 116 valence electrons. The summed E-state index contributed by atoms with van der Waals surface area (Å²) in [6, 6.07) is 1.21. The predicted molar refractivity (Wildman–Crippen MR) is 75.0 cm³/mol. The fourth-order valence-corrected chi connectivity index (χ4v) is 4.45. The Morgan fingerprint density at radius 2 is 2.24 bits per heavy atom. The number of rotatable bonds is 4. The molecule has 1 aliphatic heterocycles. The monoisotopic (exact) mass is 334 g/mol. The molecule has 7 nitrogen and oxygen atoms in total. The quantitative estimate of drug-likeness (QED) is 0.893. The molecule has 1 N–H and O–H groups in total. The van der Waals surface area contributed by atoms with Crippen LogP contribution in [-0.2, 0) is 14.8 Å². The van der Waals surface area contributed by atoms with Crippen LogP contribution in [0.15, 0.2) is 17.2 Å². The van der Waals surface area contributed by atoms with Crippen LogP contribution in [0, 0.1) is 0 Å². The van der Waals surface area contributed by atoms with Crippen LogP contribution in [0.5, 0.6) is 5.88 Å². The molecule has 1 saturated heterocycles. The molecule has 0 radical (unpaired) electrons. The Morgan fingerprint density at radius 1 is 1.57 bits per heavy atom. The van der Waals surface area contributed by atoms with Crippen LogP contribution in [-0.4, -0.2) is 48.0 Å². The molecule has 21 heavy (non-hydrogen) atoms. The summed E-state index contributed by atoms with van der Waals surface area (Å²) in [5.41, 5.74) is -1.45. The number of carboxylic acids is 1. The third-order valence-corrected chi connectivity index (χ3v) is 5.86. The number of methoxy groups -OCH3 is 1. The maximum atomic E-state index is 12.6. The molecule has 1 fully saturated rings. The maximum absolute atomic E-state index is 12.6. The van der Waals surface area contributed by atoms with E-state index < -0.39 is 21.5 Å². The van der Waals surface area contributed by atoms with Gasteiger partial charge in [0.15, 0.2) is 0 Å². The van der Waals surface area contributed by atoms with Crippen molar-refractivity contribution in [1.82, 2.24) is 9.29 Å². The van der Waals surface area contributed by atoms with Gasteiger partial charge in [0.25, 0.3) is 0 Å². The SMILES string of the molecule is COc1ncc(S(=O)(=O)N2CCCC2(C)C(=O)O)cc1Cl. The van der Waals surface area contributed by atoms with Gasteiger partial charge in [-0.05, 0) is 25.8 Å². The summed E-state index contributed by atoms with van der Waals surface area (Å²) in [5.74, 6) is -1.06. The van der Waals surface area contributed by atoms with Crippen LogP contribution in [0.1, 0.15) is 19.8 Å². The van der Waals surface area contributed by atoms with E-state index in [2.05, 4.69) is 4.98 Å². The number of pyridine rings is 1. The molecule has 0 aliphatic carbocycles. The average molecular weight is 335 g/mol. The molecule has 1 aromatic heterocycles. The molecular weight excluding hydrogens is 320 g/mol. The van der Waals surface area contributed by atoms with Crippen molar-refractivity contribution in [1.29, 1.82) is 0 Å². The van der Waals surface area contributed by atoms with Crippen molar-refractivity contribution < 1.29 is 23.1 Å². The molecule has 1 aliphatic rings. The minimum absolute atomic E-state index is 0.0507. The number of carboxylic acid groups (broad SMARTS) is 1. The van der Waals surface area contributed by atoms with Gasteiger partial charge in [0.1, 0.15) is 15.5 Å². The summed E-state index contributed by atoms with van der Waals surface area (Å²) in [6.07, 6.45) is 1.86. The van der Waals surface area contributed by atoms with Gasteiger partial charge in [-0.1, -0.05) is 11.6 Å². The first-order valence-electron chi connectivity index (χ1n) is 6.19. The Bertz CT molecular complexity index is 678. The van der Waals surface area contributed by atoms with E-state index in [0.717, 1.165) is 10.5 Å². The number of halogens is 1.